The van der Waals surface area contributed by atoms with Crippen LogP contribution < -0.4 is 5.01 Å². The van der Waals surface area contributed by atoms with E-state index in [4.69, 9.17) is 21.6 Å². The van der Waals surface area contributed by atoms with Gasteiger partial charge in [0.15, 0.2) is 5.65 Å². The van der Waals surface area contributed by atoms with Gasteiger partial charge in [0.25, 0.3) is 0 Å². The summed E-state index contributed by atoms with van der Waals surface area (Å²) in [5.41, 5.74) is 2.86. The second kappa shape index (κ2) is 5.48. The second-order valence-corrected chi connectivity index (χ2v) is 6.86. The van der Waals surface area contributed by atoms with Crippen LogP contribution in [0.2, 0.25) is 0 Å². The third-order valence-electron chi connectivity index (χ3n) is 4.38. The van der Waals surface area contributed by atoms with Crippen molar-refractivity contribution in [3.8, 4) is 0 Å². The fourth-order valence-corrected chi connectivity index (χ4v) is 3.49. The monoisotopic (exact) mass is 306 g/mol. The Morgan fingerprint density at radius 1 is 1.19 bits per heavy atom. The van der Waals surface area contributed by atoms with Crippen LogP contribution in [0.3, 0.4) is 0 Å². The molecule has 5 heteroatoms. The molecule has 2 aromatic heterocycles. The molecule has 3 rings (SSSR count). The van der Waals surface area contributed by atoms with E-state index in [1.165, 1.54) is 19.3 Å². The van der Waals surface area contributed by atoms with Gasteiger partial charge in [-0.2, -0.15) is 0 Å². The molecule has 0 N–H and O–H groups in total. The molecule has 0 radical (unpaired) electrons. The minimum absolute atomic E-state index is 0.138. The smallest absolute Gasteiger partial charge is 0.179 e. The second-order valence-electron chi connectivity index (χ2n) is 6.20. The maximum atomic E-state index is 6.40. The Bertz CT molecular complexity index is 639. The zero-order valence-corrected chi connectivity index (χ0v) is 13.9. The predicted octanol–water partition coefficient (Wildman–Crippen LogP) is 3.94. The van der Waals surface area contributed by atoms with E-state index >= 15 is 0 Å². The molecular formula is C16H23ClN4. The van der Waals surface area contributed by atoms with E-state index in [0.717, 1.165) is 22.7 Å². The largest absolute Gasteiger partial charge is 0.304 e. The highest BCUT2D eigenvalue weighted by Gasteiger charge is 2.30. The van der Waals surface area contributed by atoms with Crippen LogP contribution in [-0.2, 0) is 0 Å². The van der Waals surface area contributed by atoms with Gasteiger partial charge in [-0.15, -0.1) is 11.6 Å². The van der Waals surface area contributed by atoms with E-state index in [9.17, 15) is 0 Å². The van der Waals surface area contributed by atoms with E-state index in [1.807, 2.05) is 26.0 Å². The summed E-state index contributed by atoms with van der Waals surface area (Å²) < 4.78 is 2.18. The molecular weight excluding hydrogens is 284 g/mol. The molecule has 0 spiro atoms. The molecule has 0 amide bonds. The van der Waals surface area contributed by atoms with Crippen LogP contribution in [0.25, 0.3) is 11.2 Å². The van der Waals surface area contributed by atoms with E-state index in [2.05, 4.69) is 23.5 Å². The quantitative estimate of drug-likeness (QED) is 0.788. The number of hydrogen-bond acceptors (Lipinski definition) is 3. The van der Waals surface area contributed by atoms with Gasteiger partial charge >= 0.3 is 0 Å². The Balaban J connectivity index is 2.22. The van der Waals surface area contributed by atoms with Crippen LogP contribution in [0.15, 0.2) is 12.1 Å². The lowest BCUT2D eigenvalue weighted by Crippen LogP contribution is -2.51. The predicted molar refractivity (Wildman–Crippen MR) is 87.5 cm³/mol. The third-order valence-corrected chi connectivity index (χ3v) is 4.58. The molecule has 114 valence electrons. The molecule has 0 bridgehead atoms. The number of aromatic nitrogens is 3. The summed E-state index contributed by atoms with van der Waals surface area (Å²) in [6.07, 6.45) is 3.68. The number of hydrogen-bond donors (Lipinski definition) is 0. The number of fused-ring (bicyclic) bond motifs is 1. The zero-order valence-electron chi connectivity index (χ0n) is 13.2. The van der Waals surface area contributed by atoms with Crippen LogP contribution in [0, 0.1) is 6.92 Å². The van der Waals surface area contributed by atoms with Gasteiger partial charge in [-0.05, 0) is 59.1 Å². The molecule has 1 saturated heterocycles. The standard InChI is InChI=1S/C16H23ClN4/c1-10-8-9-14-16(18-10)21(15(19-14)13(4)17)20-11(2)6-5-7-12(20)3/h8-9,11-13H,5-7H2,1-4H3. The van der Waals surface area contributed by atoms with Crippen molar-refractivity contribution < 1.29 is 0 Å². The molecule has 21 heavy (non-hydrogen) atoms. The summed E-state index contributed by atoms with van der Waals surface area (Å²) in [6.45, 7) is 8.55. The molecule has 0 aliphatic carbocycles. The summed E-state index contributed by atoms with van der Waals surface area (Å²) in [4.78, 5) is 9.45. The first kappa shape index (κ1) is 14.6. The minimum Gasteiger partial charge on any atom is -0.304 e. The molecule has 1 fully saturated rings. The lowest BCUT2D eigenvalue weighted by atomic mass is 10.00. The number of aryl methyl sites for hydroxylation is 1. The SMILES string of the molecule is Cc1ccc2nc(C(C)Cl)n(N3C(C)CCCC3C)c2n1. The Labute approximate surface area is 131 Å². The summed E-state index contributed by atoms with van der Waals surface area (Å²) in [6, 6.07) is 4.99. The lowest BCUT2D eigenvalue weighted by Gasteiger charge is -2.42. The maximum absolute atomic E-state index is 6.40. The highest BCUT2D eigenvalue weighted by molar-refractivity contribution is 6.20. The molecule has 3 heterocycles. The number of alkyl halides is 1. The van der Waals surface area contributed by atoms with Crippen LogP contribution in [0.1, 0.15) is 56.9 Å². The van der Waals surface area contributed by atoms with Crippen LogP contribution in [0.5, 0.6) is 0 Å². The fourth-order valence-electron chi connectivity index (χ4n) is 3.35. The van der Waals surface area contributed by atoms with Crippen LogP contribution in [-0.4, -0.2) is 26.7 Å². The van der Waals surface area contributed by atoms with Crippen LogP contribution in [0.4, 0.5) is 0 Å². The Morgan fingerprint density at radius 3 is 2.48 bits per heavy atom. The Hall–Kier alpha value is -1.29. The van der Waals surface area contributed by atoms with Gasteiger partial charge in [0, 0.05) is 17.8 Å². The van der Waals surface area contributed by atoms with Gasteiger partial charge in [0.05, 0.1) is 5.38 Å². The highest BCUT2D eigenvalue weighted by atomic mass is 35.5. The highest BCUT2D eigenvalue weighted by Crippen LogP contribution is 2.29. The first-order chi connectivity index (χ1) is 9.99. The number of halogens is 1. The zero-order chi connectivity index (χ0) is 15.1. The summed E-state index contributed by atoms with van der Waals surface area (Å²) in [5.74, 6) is 0.894. The average molecular weight is 307 g/mol. The van der Waals surface area contributed by atoms with Gasteiger partial charge in [-0.1, -0.05) is 0 Å². The number of rotatable bonds is 2. The first-order valence-corrected chi connectivity index (χ1v) is 8.21. The number of piperidine rings is 1. The average Bonchev–Trinajstić information content (AvgIpc) is 2.78. The molecule has 0 aromatic carbocycles. The molecule has 1 aliphatic heterocycles. The van der Waals surface area contributed by atoms with Gasteiger partial charge in [0.1, 0.15) is 11.3 Å². The van der Waals surface area contributed by atoms with Crippen molar-refractivity contribution in [1.29, 1.82) is 0 Å². The normalized spacial score (nSPS) is 24.5. The summed E-state index contributed by atoms with van der Waals surface area (Å²) >= 11 is 6.40. The topological polar surface area (TPSA) is 34.0 Å². The molecule has 0 saturated carbocycles. The van der Waals surface area contributed by atoms with Crippen molar-refractivity contribution in [1.82, 2.24) is 14.6 Å². The molecule has 3 unspecified atom stereocenters. The van der Waals surface area contributed by atoms with Crippen molar-refractivity contribution in [2.45, 2.75) is 64.4 Å². The van der Waals surface area contributed by atoms with Gasteiger partial charge < -0.3 is 5.01 Å². The minimum atomic E-state index is -0.138. The van der Waals surface area contributed by atoms with Crippen molar-refractivity contribution >= 4 is 22.8 Å². The van der Waals surface area contributed by atoms with Gasteiger partial charge in [-0.25, -0.2) is 14.6 Å². The van der Waals surface area contributed by atoms with Crippen molar-refractivity contribution in [2.24, 2.45) is 0 Å². The summed E-state index contributed by atoms with van der Waals surface area (Å²) in [7, 11) is 0. The van der Waals surface area contributed by atoms with Crippen molar-refractivity contribution in [3.05, 3.63) is 23.7 Å². The fraction of sp³-hybridized carbons (Fsp3) is 0.625. The van der Waals surface area contributed by atoms with Crippen molar-refractivity contribution in [3.63, 3.8) is 0 Å². The Kier molecular flexibility index (Phi) is 3.82. The molecule has 2 aromatic rings. The first-order valence-electron chi connectivity index (χ1n) is 7.77. The Morgan fingerprint density at radius 2 is 1.86 bits per heavy atom. The molecule has 4 nitrogen and oxygen atoms in total. The van der Waals surface area contributed by atoms with E-state index in [0.29, 0.717) is 12.1 Å². The number of pyridine rings is 1. The lowest BCUT2D eigenvalue weighted by molar-refractivity contribution is 0.334. The van der Waals surface area contributed by atoms with Crippen LogP contribution >= 0.6 is 11.6 Å². The van der Waals surface area contributed by atoms with Gasteiger partial charge in [-0.3, -0.25) is 0 Å². The molecule has 3 atom stereocenters. The number of imidazole rings is 1. The summed E-state index contributed by atoms with van der Waals surface area (Å²) in [5, 5.41) is 2.28. The van der Waals surface area contributed by atoms with E-state index < -0.39 is 0 Å². The third kappa shape index (κ3) is 2.50. The van der Waals surface area contributed by atoms with E-state index in [-0.39, 0.29) is 5.38 Å². The molecule has 1 aliphatic rings. The van der Waals surface area contributed by atoms with E-state index in [1.54, 1.807) is 0 Å². The number of nitrogens with zero attached hydrogens (tertiary/aromatic N) is 4. The maximum Gasteiger partial charge on any atom is 0.179 e. The van der Waals surface area contributed by atoms with Gasteiger partial charge in [0.2, 0.25) is 0 Å². The van der Waals surface area contributed by atoms with Crippen molar-refractivity contribution in [2.75, 3.05) is 5.01 Å².